The molecule has 0 unspecified atom stereocenters. The summed E-state index contributed by atoms with van der Waals surface area (Å²) in [5.74, 6) is 0.179. The summed E-state index contributed by atoms with van der Waals surface area (Å²) in [5.41, 5.74) is 1.83. The number of hydrogen-bond donors (Lipinski definition) is 1. The van der Waals surface area contributed by atoms with Crippen LogP contribution in [0.5, 0.6) is 11.5 Å². The molecule has 0 aliphatic carbocycles. The molecular weight excluding hydrogens is 332 g/mol. The molecule has 6 nitrogen and oxygen atoms in total. The third-order valence-corrected chi connectivity index (χ3v) is 4.16. The second kappa shape index (κ2) is 7.91. The van der Waals surface area contributed by atoms with Crippen LogP contribution in [-0.4, -0.2) is 29.5 Å². The molecule has 0 spiro atoms. The zero-order valence-electron chi connectivity index (χ0n) is 14.9. The summed E-state index contributed by atoms with van der Waals surface area (Å²) < 4.78 is 10.6. The highest BCUT2D eigenvalue weighted by atomic mass is 16.7. The molecule has 0 bridgehead atoms. The average molecular weight is 354 g/mol. The molecule has 6 heteroatoms. The van der Waals surface area contributed by atoms with E-state index in [1.807, 2.05) is 50.2 Å². The molecule has 0 atom stereocenters. The second-order valence-electron chi connectivity index (χ2n) is 6.38. The lowest BCUT2D eigenvalue weighted by Gasteiger charge is -2.26. The highest BCUT2D eigenvalue weighted by Gasteiger charge is 2.24. The van der Waals surface area contributed by atoms with Crippen molar-refractivity contribution in [2.75, 3.05) is 6.79 Å². The molecule has 26 heavy (non-hydrogen) atoms. The monoisotopic (exact) mass is 354 g/mol. The number of nitrogens with zero attached hydrogens (tertiary/aromatic N) is 1. The lowest BCUT2D eigenvalue weighted by Crippen LogP contribution is -2.45. The van der Waals surface area contributed by atoms with Crippen LogP contribution in [0.15, 0.2) is 48.5 Å². The normalized spacial score (nSPS) is 12.1. The number of carbonyl (C=O) groups excluding carboxylic acids is 2. The number of ether oxygens (including phenoxy) is 2. The van der Waals surface area contributed by atoms with Gasteiger partial charge >= 0.3 is 11.8 Å². The average Bonchev–Trinajstić information content (AvgIpc) is 3.12. The highest BCUT2D eigenvalue weighted by Crippen LogP contribution is 2.32. The van der Waals surface area contributed by atoms with Gasteiger partial charge in [0.2, 0.25) is 6.79 Å². The molecular formula is C20H22N2O4. The van der Waals surface area contributed by atoms with Gasteiger partial charge in [0.1, 0.15) is 0 Å². The third kappa shape index (κ3) is 4.14. The maximum absolute atomic E-state index is 12.6. The van der Waals surface area contributed by atoms with Crippen molar-refractivity contribution in [1.82, 2.24) is 10.2 Å². The molecule has 1 aliphatic heterocycles. The third-order valence-electron chi connectivity index (χ3n) is 4.16. The number of amides is 2. The summed E-state index contributed by atoms with van der Waals surface area (Å²) in [5, 5.41) is 2.68. The minimum atomic E-state index is -0.618. The minimum absolute atomic E-state index is 0.0843. The van der Waals surface area contributed by atoms with Gasteiger partial charge in [-0.2, -0.15) is 0 Å². The van der Waals surface area contributed by atoms with Crippen molar-refractivity contribution < 1.29 is 19.1 Å². The molecule has 136 valence electrons. The first-order chi connectivity index (χ1) is 12.5. The summed E-state index contributed by atoms with van der Waals surface area (Å²) in [4.78, 5) is 26.5. The van der Waals surface area contributed by atoms with Crippen molar-refractivity contribution in [1.29, 1.82) is 0 Å². The Morgan fingerprint density at radius 2 is 1.77 bits per heavy atom. The van der Waals surface area contributed by atoms with Gasteiger partial charge in [-0.25, -0.2) is 0 Å². The molecule has 0 fully saturated rings. The molecule has 0 saturated carbocycles. The summed E-state index contributed by atoms with van der Waals surface area (Å²) in [7, 11) is 0. The van der Waals surface area contributed by atoms with Gasteiger partial charge in [0.15, 0.2) is 11.5 Å². The second-order valence-corrected chi connectivity index (χ2v) is 6.38. The molecule has 2 aromatic carbocycles. The van der Waals surface area contributed by atoms with Gasteiger partial charge in [-0.15, -0.1) is 0 Å². The van der Waals surface area contributed by atoms with Crippen LogP contribution in [0.4, 0.5) is 0 Å². The largest absolute Gasteiger partial charge is 0.454 e. The van der Waals surface area contributed by atoms with E-state index in [4.69, 9.17) is 9.47 Å². The van der Waals surface area contributed by atoms with Crippen LogP contribution < -0.4 is 14.8 Å². The first-order valence-electron chi connectivity index (χ1n) is 8.56. The maximum atomic E-state index is 12.6. The number of fused-ring (bicyclic) bond motifs is 1. The van der Waals surface area contributed by atoms with Crippen LogP contribution in [0, 0.1) is 0 Å². The van der Waals surface area contributed by atoms with Crippen molar-refractivity contribution in [3.05, 3.63) is 59.7 Å². The van der Waals surface area contributed by atoms with E-state index in [-0.39, 0.29) is 19.4 Å². The van der Waals surface area contributed by atoms with E-state index < -0.39 is 11.8 Å². The van der Waals surface area contributed by atoms with Gasteiger partial charge in [-0.1, -0.05) is 36.4 Å². The van der Waals surface area contributed by atoms with Gasteiger partial charge < -0.3 is 19.7 Å². The molecule has 1 aliphatic rings. The van der Waals surface area contributed by atoms with Crippen molar-refractivity contribution >= 4 is 11.8 Å². The Morgan fingerprint density at radius 3 is 2.50 bits per heavy atom. The van der Waals surface area contributed by atoms with E-state index in [9.17, 15) is 9.59 Å². The number of hydrogen-bond acceptors (Lipinski definition) is 4. The van der Waals surface area contributed by atoms with Crippen LogP contribution in [-0.2, 0) is 22.7 Å². The Hall–Kier alpha value is -3.02. The van der Waals surface area contributed by atoms with Crippen LogP contribution >= 0.6 is 0 Å². The first kappa shape index (κ1) is 17.8. The van der Waals surface area contributed by atoms with E-state index in [0.717, 1.165) is 11.1 Å². The Kier molecular flexibility index (Phi) is 5.41. The van der Waals surface area contributed by atoms with E-state index in [1.54, 1.807) is 17.0 Å². The number of rotatable bonds is 5. The summed E-state index contributed by atoms with van der Waals surface area (Å²) in [6, 6.07) is 15.0. The molecule has 3 rings (SSSR count). The smallest absolute Gasteiger partial charge is 0.312 e. The van der Waals surface area contributed by atoms with E-state index in [0.29, 0.717) is 18.0 Å². The summed E-state index contributed by atoms with van der Waals surface area (Å²) >= 11 is 0. The minimum Gasteiger partial charge on any atom is -0.454 e. The molecule has 1 heterocycles. The van der Waals surface area contributed by atoms with Gasteiger partial charge in [-0.3, -0.25) is 9.59 Å². The number of carbonyl (C=O) groups is 2. The van der Waals surface area contributed by atoms with E-state index >= 15 is 0 Å². The van der Waals surface area contributed by atoms with E-state index in [2.05, 4.69) is 5.32 Å². The predicted molar refractivity (Wildman–Crippen MR) is 96.5 cm³/mol. The van der Waals surface area contributed by atoms with Crippen LogP contribution in [0.3, 0.4) is 0 Å². The fourth-order valence-electron chi connectivity index (χ4n) is 2.71. The molecule has 0 saturated heterocycles. The molecule has 0 aromatic heterocycles. The van der Waals surface area contributed by atoms with Crippen molar-refractivity contribution in [2.45, 2.75) is 33.0 Å². The molecule has 2 amide bonds. The van der Waals surface area contributed by atoms with E-state index in [1.165, 1.54) is 0 Å². The molecule has 2 aromatic rings. The maximum Gasteiger partial charge on any atom is 0.312 e. The van der Waals surface area contributed by atoms with Crippen molar-refractivity contribution in [3.8, 4) is 11.5 Å². The topological polar surface area (TPSA) is 67.9 Å². The molecule has 1 N–H and O–H groups in total. The van der Waals surface area contributed by atoms with Crippen molar-refractivity contribution in [3.63, 3.8) is 0 Å². The van der Waals surface area contributed by atoms with Crippen LogP contribution in [0.2, 0.25) is 0 Å². The fraction of sp³-hybridized carbons (Fsp3) is 0.300. The van der Waals surface area contributed by atoms with Crippen molar-refractivity contribution in [2.24, 2.45) is 0 Å². The first-order valence-corrected chi connectivity index (χ1v) is 8.56. The quantitative estimate of drug-likeness (QED) is 0.838. The Labute approximate surface area is 152 Å². The standard InChI is InChI=1S/C20H22N2O4/c1-14(2)22(12-15-6-4-3-5-7-15)20(24)19(23)21-11-16-8-9-17-18(10-16)26-13-25-17/h3-10,14H,11-13H2,1-2H3,(H,21,23). The Balaban J connectivity index is 1.61. The fourth-order valence-corrected chi connectivity index (χ4v) is 2.71. The SMILES string of the molecule is CC(C)N(Cc1ccccc1)C(=O)C(=O)NCc1ccc2c(c1)OCO2. The Morgan fingerprint density at radius 1 is 1.04 bits per heavy atom. The van der Waals surface area contributed by atoms with Crippen LogP contribution in [0.1, 0.15) is 25.0 Å². The lowest BCUT2D eigenvalue weighted by atomic mass is 10.2. The van der Waals surface area contributed by atoms with Crippen LogP contribution in [0.25, 0.3) is 0 Å². The number of benzene rings is 2. The molecule has 0 radical (unpaired) electrons. The number of nitrogens with one attached hydrogen (secondary N) is 1. The van der Waals surface area contributed by atoms with Gasteiger partial charge in [0, 0.05) is 19.1 Å². The lowest BCUT2D eigenvalue weighted by molar-refractivity contribution is -0.147. The van der Waals surface area contributed by atoms with Gasteiger partial charge in [0.25, 0.3) is 0 Å². The van der Waals surface area contributed by atoms with Gasteiger partial charge in [-0.05, 0) is 37.1 Å². The van der Waals surface area contributed by atoms with Gasteiger partial charge in [0.05, 0.1) is 0 Å². The zero-order chi connectivity index (χ0) is 18.5. The zero-order valence-corrected chi connectivity index (χ0v) is 14.9. The predicted octanol–water partition coefficient (Wildman–Crippen LogP) is 2.47. The highest BCUT2D eigenvalue weighted by molar-refractivity contribution is 6.35. The summed E-state index contributed by atoms with van der Waals surface area (Å²) in [6.07, 6.45) is 0. The summed E-state index contributed by atoms with van der Waals surface area (Å²) in [6.45, 7) is 4.64. The Bertz CT molecular complexity index is 790.